The highest BCUT2D eigenvalue weighted by Crippen LogP contribution is 2.28. The predicted molar refractivity (Wildman–Crippen MR) is 100 cm³/mol. The van der Waals surface area contributed by atoms with Gasteiger partial charge in [-0.15, -0.1) is 0 Å². The smallest absolute Gasteiger partial charge is 0.347 e. The maximum atomic E-state index is 11.9. The molecule has 26 heavy (non-hydrogen) atoms. The zero-order chi connectivity index (χ0) is 19.3. The van der Waals surface area contributed by atoms with E-state index in [2.05, 4.69) is 10.3 Å². The lowest BCUT2D eigenvalue weighted by Crippen LogP contribution is -2.30. The molecular formula is C16H12Cl4N2O4. The Labute approximate surface area is 169 Å². The van der Waals surface area contributed by atoms with Crippen LogP contribution in [0.15, 0.2) is 30.5 Å². The van der Waals surface area contributed by atoms with Crippen molar-refractivity contribution in [1.82, 2.24) is 4.98 Å². The second kappa shape index (κ2) is 9.28. The third kappa shape index (κ3) is 5.92. The van der Waals surface area contributed by atoms with E-state index in [4.69, 9.17) is 55.9 Å². The average molecular weight is 438 g/mol. The summed E-state index contributed by atoms with van der Waals surface area (Å²) in [6, 6.07) is 5.99. The first kappa shape index (κ1) is 20.6. The van der Waals surface area contributed by atoms with Crippen molar-refractivity contribution in [1.29, 1.82) is 0 Å². The average Bonchev–Trinajstić information content (AvgIpc) is 2.57. The molecule has 0 aliphatic carbocycles. The van der Waals surface area contributed by atoms with Crippen LogP contribution in [0, 0.1) is 0 Å². The minimum absolute atomic E-state index is 0.106. The maximum Gasteiger partial charge on any atom is 0.347 e. The fraction of sp³-hybridized carbons (Fsp3) is 0.188. The Kier molecular flexibility index (Phi) is 7.34. The monoisotopic (exact) mass is 436 g/mol. The number of pyridine rings is 1. The molecule has 0 unspecified atom stereocenters. The lowest BCUT2D eigenvalue weighted by molar-refractivity contribution is -0.153. The molecule has 138 valence electrons. The lowest BCUT2D eigenvalue weighted by Gasteiger charge is -2.15. The number of carbonyl (C=O) groups excluding carboxylic acids is 2. The fourth-order valence-corrected chi connectivity index (χ4v) is 2.62. The molecule has 1 N–H and O–H groups in total. The van der Waals surface area contributed by atoms with E-state index >= 15 is 0 Å². The quantitative estimate of drug-likeness (QED) is 0.665. The van der Waals surface area contributed by atoms with Gasteiger partial charge in [0.2, 0.25) is 0 Å². The summed E-state index contributed by atoms with van der Waals surface area (Å²) in [7, 11) is 0. The minimum atomic E-state index is -0.987. The molecule has 0 saturated carbocycles. The number of anilines is 1. The van der Waals surface area contributed by atoms with Gasteiger partial charge in [0.25, 0.3) is 5.91 Å². The van der Waals surface area contributed by atoms with E-state index in [1.165, 1.54) is 31.3 Å². The number of carbonyl (C=O) groups is 2. The van der Waals surface area contributed by atoms with Crippen LogP contribution in [-0.4, -0.2) is 29.6 Å². The van der Waals surface area contributed by atoms with Gasteiger partial charge in [0.1, 0.15) is 5.75 Å². The first-order valence-corrected chi connectivity index (χ1v) is 8.66. The standard InChI is InChI=1S/C16H12Cl4N2O4/c1-8(26-13-3-2-9(17)4-11(13)19)16(24)25-7-14(23)22-15-12(20)5-10(18)6-21-15/h2-6,8H,7H2,1H3,(H,21,22,23)/t8-/m0/s1. The molecule has 0 fully saturated rings. The highest BCUT2D eigenvalue weighted by molar-refractivity contribution is 6.36. The molecule has 6 nitrogen and oxygen atoms in total. The zero-order valence-corrected chi connectivity index (χ0v) is 16.3. The number of hydrogen-bond donors (Lipinski definition) is 1. The molecule has 0 bridgehead atoms. The zero-order valence-electron chi connectivity index (χ0n) is 13.3. The molecule has 1 aromatic carbocycles. The van der Waals surface area contributed by atoms with Crippen LogP contribution in [0.2, 0.25) is 20.1 Å². The fourth-order valence-electron chi connectivity index (χ4n) is 1.74. The van der Waals surface area contributed by atoms with Crippen molar-refractivity contribution in [2.45, 2.75) is 13.0 Å². The molecule has 0 aliphatic heterocycles. The van der Waals surface area contributed by atoms with Crippen molar-refractivity contribution in [3.8, 4) is 5.75 Å². The minimum Gasteiger partial charge on any atom is -0.477 e. The molecule has 10 heteroatoms. The van der Waals surface area contributed by atoms with Crippen molar-refractivity contribution in [2.24, 2.45) is 0 Å². The van der Waals surface area contributed by atoms with Gasteiger partial charge in [0, 0.05) is 11.2 Å². The predicted octanol–water partition coefficient (Wildman–Crippen LogP) is 4.64. The van der Waals surface area contributed by atoms with Gasteiger partial charge in [0.05, 0.1) is 15.1 Å². The van der Waals surface area contributed by atoms with Crippen molar-refractivity contribution in [2.75, 3.05) is 11.9 Å². The SMILES string of the molecule is C[C@H](Oc1ccc(Cl)cc1Cl)C(=O)OCC(=O)Nc1ncc(Cl)cc1Cl. The van der Waals surface area contributed by atoms with Gasteiger partial charge in [-0.05, 0) is 31.2 Å². The number of halogens is 4. The summed E-state index contributed by atoms with van der Waals surface area (Å²) in [5.74, 6) is -0.996. The first-order valence-electron chi connectivity index (χ1n) is 7.15. The van der Waals surface area contributed by atoms with Crippen molar-refractivity contribution < 1.29 is 19.1 Å². The number of nitrogens with one attached hydrogen (secondary N) is 1. The van der Waals surface area contributed by atoms with Crippen molar-refractivity contribution in [3.05, 3.63) is 50.6 Å². The van der Waals surface area contributed by atoms with Gasteiger partial charge in [-0.25, -0.2) is 9.78 Å². The number of aromatic nitrogens is 1. The summed E-state index contributed by atoms with van der Waals surface area (Å²) >= 11 is 23.4. The molecule has 2 rings (SSSR count). The summed E-state index contributed by atoms with van der Waals surface area (Å²) in [6.07, 6.45) is 0.333. The Bertz CT molecular complexity index is 832. The van der Waals surface area contributed by atoms with Crippen molar-refractivity contribution in [3.63, 3.8) is 0 Å². The van der Waals surface area contributed by atoms with Crippen LogP contribution in [0.5, 0.6) is 5.75 Å². The van der Waals surface area contributed by atoms with Crippen LogP contribution >= 0.6 is 46.4 Å². The normalized spacial score (nSPS) is 11.6. The molecule has 1 aromatic heterocycles. The second-order valence-electron chi connectivity index (χ2n) is 4.97. The number of ether oxygens (including phenoxy) is 2. The van der Waals surface area contributed by atoms with Gasteiger partial charge in [-0.3, -0.25) is 4.79 Å². The molecule has 0 aliphatic rings. The molecule has 1 heterocycles. The highest BCUT2D eigenvalue weighted by Gasteiger charge is 2.19. The molecule has 1 amide bonds. The van der Waals surface area contributed by atoms with Crippen LogP contribution in [0.25, 0.3) is 0 Å². The van der Waals surface area contributed by atoms with Gasteiger partial charge in [-0.1, -0.05) is 46.4 Å². The van der Waals surface area contributed by atoms with Gasteiger partial charge in [-0.2, -0.15) is 0 Å². The van der Waals surface area contributed by atoms with Gasteiger partial charge < -0.3 is 14.8 Å². The summed E-state index contributed by atoms with van der Waals surface area (Å²) in [6.45, 7) is 0.921. The van der Waals surface area contributed by atoms with Gasteiger partial charge in [0.15, 0.2) is 18.5 Å². The van der Waals surface area contributed by atoms with E-state index in [-0.39, 0.29) is 21.6 Å². The van der Waals surface area contributed by atoms with Crippen LogP contribution in [0.1, 0.15) is 6.92 Å². The number of amides is 1. The van der Waals surface area contributed by atoms with Gasteiger partial charge >= 0.3 is 5.97 Å². The Balaban J connectivity index is 1.85. The summed E-state index contributed by atoms with van der Waals surface area (Å²) in [4.78, 5) is 27.6. The number of benzene rings is 1. The second-order valence-corrected chi connectivity index (χ2v) is 6.66. The van der Waals surface area contributed by atoms with Crippen LogP contribution in [-0.2, 0) is 14.3 Å². The summed E-state index contributed by atoms with van der Waals surface area (Å²) in [5, 5.41) is 3.57. The number of nitrogens with zero attached hydrogens (tertiary/aromatic N) is 1. The largest absolute Gasteiger partial charge is 0.477 e. The first-order chi connectivity index (χ1) is 12.3. The van der Waals surface area contributed by atoms with E-state index in [0.29, 0.717) is 10.0 Å². The number of esters is 1. The number of rotatable bonds is 6. The lowest BCUT2D eigenvalue weighted by atomic mass is 10.3. The van der Waals surface area contributed by atoms with Crippen LogP contribution in [0.4, 0.5) is 5.82 Å². The summed E-state index contributed by atoms with van der Waals surface area (Å²) < 4.78 is 10.3. The van der Waals surface area contributed by atoms with E-state index < -0.39 is 24.6 Å². The Hall–Kier alpha value is -1.73. The molecule has 1 atom stereocenters. The molecular weight excluding hydrogens is 426 g/mol. The van der Waals surface area contributed by atoms with E-state index in [0.717, 1.165) is 0 Å². The van der Waals surface area contributed by atoms with E-state index in [1.54, 1.807) is 6.07 Å². The highest BCUT2D eigenvalue weighted by atomic mass is 35.5. The van der Waals surface area contributed by atoms with E-state index in [9.17, 15) is 9.59 Å². The Morgan fingerprint density at radius 3 is 2.46 bits per heavy atom. The third-order valence-corrected chi connectivity index (χ3v) is 3.97. The topological polar surface area (TPSA) is 77.5 Å². The molecule has 2 aromatic rings. The Morgan fingerprint density at radius 2 is 1.81 bits per heavy atom. The van der Waals surface area contributed by atoms with E-state index in [1.807, 2.05) is 0 Å². The summed E-state index contributed by atoms with van der Waals surface area (Å²) in [5.41, 5.74) is 0. The van der Waals surface area contributed by atoms with Crippen molar-refractivity contribution >= 4 is 64.1 Å². The van der Waals surface area contributed by atoms with Crippen LogP contribution < -0.4 is 10.1 Å². The number of hydrogen-bond acceptors (Lipinski definition) is 5. The third-order valence-electron chi connectivity index (χ3n) is 2.94. The molecule has 0 radical (unpaired) electrons. The maximum absolute atomic E-state index is 11.9. The molecule has 0 saturated heterocycles. The van der Waals surface area contributed by atoms with Crippen LogP contribution in [0.3, 0.4) is 0 Å². The Morgan fingerprint density at radius 1 is 1.12 bits per heavy atom. The molecule has 0 spiro atoms.